The highest BCUT2D eigenvalue weighted by Crippen LogP contribution is 2.13. The van der Waals surface area contributed by atoms with E-state index in [0.717, 1.165) is 23.4 Å². The third-order valence-electron chi connectivity index (χ3n) is 4.43. The molecule has 2 fully saturated rings. The van der Waals surface area contributed by atoms with Crippen LogP contribution in [0.25, 0.3) is 0 Å². The number of nitrogens with zero attached hydrogens (tertiary/aromatic N) is 3. The predicted molar refractivity (Wildman–Crippen MR) is 90.8 cm³/mol. The Hall–Kier alpha value is -1.72. The van der Waals surface area contributed by atoms with Gasteiger partial charge in [-0.3, -0.25) is 14.4 Å². The Labute approximate surface area is 152 Å². The van der Waals surface area contributed by atoms with E-state index in [0.29, 0.717) is 19.5 Å². The standard InChI is InChI=1S/C15H25N3O7S/c1-26(23,24)18(11-15(21)22)9-12-8-17(6-7-25-12)14(20)10-16-5-3-2-4-13(16)19/h12H,2-11H2,1H3,(H,21,22). The monoisotopic (exact) mass is 391 g/mol. The highest BCUT2D eigenvalue weighted by Gasteiger charge is 2.31. The third kappa shape index (κ3) is 5.92. The van der Waals surface area contributed by atoms with E-state index in [2.05, 4.69) is 0 Å². The summed E-state index contributed by atoms with van der Waals surface area (Å²) in [5.41, 5.74) is 0. The third-order valence-corrected chi connectivity index (χ3v) is 5.64. The fourth-order valence-corrected chi connectivity index (χ4v) is 3.83. The van der Waals surface area contributed by atoms with Gasteiger partial charge in [-0.2, -0.15) is 4.31 Å². The molecule has 1 N–H and O–H groups in total. The summed E-state index contributed by atoms with van der Waals surface area (Å²) < 4.78 is 29.8. The van der Waals surface area contributed by atoms with Crippen LogP contribution in [0.3, 0.4) is 0 Å². The number of ether oxygens (including phenoxy) is 1. The first kappa shape index (κ1) is 20.6. The molecule has 0 saturated carbocycles. The number of hydrogen-bond donors (Lipinski definition) is 1. The van der Waals surface area contributed by atoms with Gasteiger partial charge in [0.1, 0.15) is 6.54 Å². The summed E-state index contributed by atoms with van der Waals surface area (Å²) >= 11 is 0. The molecule has 2 saturated heterocycles. The van der Waals surface area contributed by atoms with E-state index in [4.69, 9.17) is 9.84 Å². The zero-order valence-corrected chi connectivity index (χ0v) is 15.6. The minimum absolute atomic E-state index is 0.0104. The molecule has 0 aromatic rings. The summed E-state index contributed by atoms with van der Waals surface area (Å²) in [5.74, 6) is -1.50. The van der Waals surface area contributed by atoms with Crippen LogP contribution >= 0.6 is 0 Å². The highest BCUT2D eigenvalue weighted by atomic mass is 32.2. The molecular weight excluding hydrogens is 366 g/mol. The first-order valence-electron chi connectivity index (χ1n) is 8.51. The fraction of sp³-hybridized carbons (Fsp3) is 0.800. The molecule has 1 unspecified atom stereocenters. The Morgan fingerprint density at radius 2 is 2.04 bits per heavy atom. The van der Waals surface area contributed by atoms with Crippen LogP contribution in [-0.2, 0) is 29.1 Å². The van der Waals surface area contributed by atoms with Crippen LogP contribution in [0.5, 0.6) is 0 Å². The van der Waals surface area contributed by atoms with Crippen molar-refractivity contribution in [3.05, 3.63) is 0 Å². The lowest BCUT2D eigenvalue weighted by Gasteiger charge is -2.36. The lowest BCUT2D eigenvalue weighted by molar-refractivity contribution is -0.146. The van der Waals surface area contributed by atoms with Gasteiger partial charge in [-0.05, 0) is 12.8 Å². The second-order valence-corrected chi connectivity index (χ2v) is 8.54. The predicted octanol–water partition coefficient (Wildman–Crippen LogP) is -1.43. The zero-order chi connectivity index (χ0) is 19.3. The van der Waals surface area contributed by atoms with Crippen molar-refractivity contribution < 1.29 is 32.6 Å². The summed E-state index contributed by atoms with van der Waals surface area (Å²) in [5, 5.41) is 8.88. The van der Waals surface area contributed by atoms with Gasteiger partial charge in [-0.25, -0.2) is 8.42 Å². The van der Waals surface area contributed by atoms with Crippen molar-refractivity contribution in [1.29, 1.82) is 0 Å². The van der Waals surface area contributed by atoms with Gasteiger partial charge < -0.3 is 19.6 Å². The fourth-order valence-electron chi connectivity index (χ4n) is 3.04. The van der Waals surface area contributed by atoms with Crippen LogP contribution in [0.1, 0.15) is 19.3 Å². The lowest BCUT2D eigenvalue weighted by Crippen LogP contribution is -2.53. The Kier molecular flexibility index (Phi) is 6.95. The average Bonchev–Trinajstić information content (AvgIpc) is 2.55. The van der Waals surface area contributed by atoms with E-state index < -0.39 is 28.6 Å². The second-order valence-electron chi connectivity index (χ2n) is 6.55. The molecule has 0 aromatic heterocycles. The molecule has 0 radical (unpaired) electrons. The van der Waals surface area contributed by atoms with E-state index in [1.165, 1.54) is 4.90 Å². The van der Waals surface area contributed by atoms with Crippen LogP contribution in [0.4, 0.5) is 0 Å². The van der Waals surface area contributed by atoms with Crippen LogP contribution in [0.2, 0.25) is 0 Å². The number of piperidine rings is 1. The first-order chi connectivity index (χ1) is 12.2. The minimum Gasteiger partial charge on any atom is -0.480 e. The van der Waals surface area contributed by atoms with Crippen molar-refractivity contribution in [1.82, 2.24) is 14.1 Å². The summed E-state index contributed by atoms with van der Waals surface area (Å²) in [6.07, 6.45) is 2.50. The quantitative estimate of drug-likeness (QED) is 0.564. The van der Waals surface area contributed by atoms with Gasteiger partial charge in [0.2, 0.25) is 21.8 Å². The van der Waals surface area contributed by atoms with Crippen molar-refractivity contribution in [3.63, 3.8) is 0 Å². The number of carboxylic acid groups (broad SMARTS) is 1. The molecule has 0 aliphatic carbocycles. The van der Waals surface area contributed by atoms with E-state index in [1.54, 1.807) is 4.90 Å². The molecule has 2 rings (SSSR count). The smallest absolute Gasteiger partial charge is 0.318 e. The molecule has 2 amide bonds. The number of aliphatic carboxylic acids is 1. The zero-order valence-electron chi connectivity index (χ0n) is 14.8. The number of carbonyl (C=O) groups excluding carboxylic acids is 2. The molecule has 2 aliphatic rings. The summed E-state index contributed by atoms with van der Waals surface area (Å²) in [6.45, 7) is 0.526. The van der Waals surface area contributed by atoms with Crippen molar-refractivity contribution in [3.8, 4) is 0 Å². The molecule has 0 bridgehead atoms. The van der Waals surface area contributed by atoms with Crippen molar-refractivity contribution >= 4 is 27.8 Å². The van der Waals surface area contributed by atoms with Crippen LogP contribution in [0.15, 0.2) is 0 Å². The second kappa shape index (κ2) is 8.78. The van der Waals surface area contributed by atoms with Gasteiger partial charge in [0.05, 0.1) is 25.5 Å². The largest absolute Gasteiger partial charge is 0.480 e. The number of hydrogen-bond acceptors (Lipinski definition) is 6. The Morgan fingerprint density at radius 3 is 2.65 bits per heavy atom. The number of morpholine rings is 1. The maximum Gasteiger partial charge on any atom is 0.318 e. The number of sulfonamides is 1. The van der Waals surface area contributed by atoms with Gasteiger partial charge >= 0.3 is 5.97 Å². The van der Waals surface area contributed by atoms with Gasteiger partial charge in [0, 0.05) is 32.6 Å². The number of carbonyl (C=O) groups is 3. The topological polar surface area (TPSA) is 125 Å². The number of amides is 2. The number of carboxylic acids is 1. The molecular formula is C15H25N3O7S. The van der Waals surface area contributed by atoms with E-state index in [-0.39, 0.29) is 38.1 Å². The highest BCUT2D eigenvalue weighted by molar-refractivity contribution is 7.88. The van der Waals surface area contributed by atoms with Crippen LogP contribution in [0, 0.1) is 0 Å². The Morgan fingerprint density at radius 1 is 1.31 bits per heavy atom. The van der Waals surface area contributed by atoms with E-state index >= 15 is 0 Å². The molecule has 2 aliphatic heterocycles. The summed E-state index contributed by atoms with van der Waals surface area (Å²) in [6, 6.07) is 0. The minimum atomic E-state index is -3.71. The maximum absolute atomic E-state index is 12.5. The van der Waals surface area contributed by atoms with Crippen LogP contribution < -0.4 is 0 Å². The maximum atomic E-state index is 12.5. The molecule has 26 heavy (non-hydrogen) atoms. The molecule has 10 nitrogen and oxygen atoms in total. The number of rotatable bonds is 7. The first-order valence-corrected chi connectivity index (χ1v) is 10.4. The molecule has 148 valence electrons. The molecule has 1 atom stereocenters. The SMILES string of the molecule is CS(=O)(=O)N(CC(=O)O)CC1CN(C(=O)CN2CCCCC2=O)CCO1. The normalized spacial score (nSPS) is 21.9. The molecule has 11 heteroatoms. The van der Waals surface area contributed by atoms with Gasteiger partial charge in [0.15, 0.2) is 0 Å². The van der Waals surface area contributed by atoms with E-state index in [9.17, 15) is 22.8 Å². The van der Waals surface area contributed by atoms with Gasteiger partial charge in [-0.1, -0.05) is 0 Å². The summed E-state index contributed by atoms with van der Waals surface area (Å²) in [7, 11) is -3.71. The average molecular weight is 391 g/mol. The van der Waals surface area contributed by atoms with E-state index in [1.807, 2.05) is 0 Å². The molecule has 0 spiro atoms. The molecule has 0 aromatic carbocycles. The van der Waals surface area contributed by atoms with Gasteiger partial charge in [-0.15, -0.1) is 0 Å². The van der Waals surface area contributed by atoms with Crippen molar-refractivity contribution in [2.75, 3.05) is 52.1 Å². The lowest BCUT2D eigenvalue weighted by atomic mass is 10.1. The van der Waals surface area contributed by atoms with Crippen LogP contribution in [-0.4, -0.2) is 104 Å². The van der Waals surface area contributed by atoms with Gasteiger partial charge in [0.25, 0.3) is 0 Å². The van der Waals surface area contributed by atoms with Crippen molar-refractivity contribution in [2.45, 2.75) is 25.4 Å². The number of likely N-dealkylation sites (tertiary alicyclic amines) is 1. The Balaban J connectivity index is 1.93. The Bertz CT molecular complexity index is 652. The molecule has 2 heterocycles. The summed E-state index contributed by atoms with van der Waals surface area (Å²) in [4.78, 5) is 38.3. The van der Waals surface area contributed by atoms with Crippen molar-refractivity contribution in [2.24, 2.45) is 0 Å².